The highest BCUT2D eigenvalue weighted by molar-refractivity contribution is 6.30. The van der Waals surface area contributed by atoms with E-state index in [1.54, 1.807) is 12.1 Å². The van der Waals surface area contributed by atoms with Crippen LogP contribution in [0.3, 0.4) is 0 Å². The molecule has 204 valence electrons. The minimum absolute atomic E-state index is 0.0260. The summed E-state index contributed by atoms with van der Waals surface area (Å²) in [6.45, 7) is 7.09. The van der Waals surface area contributed by atoms with Gasteiger partial charge in [0.25, 0.3) is 0 Å². The minimum atomic E-state index is -0.680. The van der Waals surface area contributed by atoms with E-state index in [1.807, 2.05) is 30.9 Å². The first-order chi connectivity index (χ1) is 17.8. The van der Waals surface area contributed by atoms with Crippen molar-refractivity contribution in [2.24, 2.45) is 5.92 Å². The summed E-state index contributed by atoms with van der Waals surface area (Å²) in [5, 5.41) is 10.1. The lowest BCUT2D eigenvalue weighted by molar-refractivity contribution is -0.141. The lowest BCUT2D eigenvalue weighted by Crippen LogP contribution is -2.59. The second-order valence-electron chi connectivity index (χ2n) is 11.0. The molecule has 1 aliphatic carbocycles. The maximum absolute atomic E-state index is 13.8. The van der Waals surface area contributed by atoms with Gasteiger partial charge in [-0.3, -0.25) is 14.4 Å². The molecule has 1 saturated carbocycles. The van der Waals surface area contributed by atoms with Crippen molar-refractivity contribution in [3.8, 4) is 0 Å². The highest BCUT2D eigenvalue weighted by Crippen LogP contribution is 2.29. The summed E-state index contributed by atoms with van der Waals surface area (Å²) in [6.07, 6.45) is 6.78. The molecule has 3 amide bonds. The van der Waals surface area contributed by atoms with Gasteiger partial charge >= 0.3 is 0 Å². The molecule has 1 aromatic rings. The first-order valence-corrected chi connectivity index (χ1v) is 14.3. The SMILES string of the molecule is CC(C)C(=O)N(C1CCCCC1)[C@H]1CCN(C(=O)[C@@H](Cc2ccc(Cl)cc2)NC(=O)[C@@H]2CNCCN2)C1. The van der Waals surface area contributed by atoms with Gasteiger partial charge in [0.05, 0.1) is 12.1 Å². The third-order valence-electron chi connectivity index (χ3n) is 7.91. The molecule has 4 rings (SSSR count). The fourth-order valence-corrected chi connectivity index (χ4v) is 6.00. The Morgan fingerprint density at radius 1 is 1.05 bits per heavy atom. The summed E-state index contributed by atoms with van der Waals surface area (Å²) in [5.41, 5.74) is 0.937. The fourth-order valence-electron chi connectivity index (χ4n) is 5.87. The predicted molar refractivity (Wildman–Crippen MR) is 145 cm³/mol. The highest BCUT2D eigenvalue weighted by Gasteiger charge is 2.39. The summed E-state index contributed by atoms with van der Waals surface area (Å²) in [5.74, 6) is -0.141. The summed E-state index contributed by atoms with van der Waals surface area (Å²) in [7, 11) is 0. The molecule has 0 radical (unpaired) electrons. The second-order valence-corrected chi connectivity index (χ2v) is 11.5. The lowest BCUT2D eigenvalue weighted by atomic mass is 9.92. The first-order valence-electron chi connectivity index (χ1n) is 13.9. The van der Waals surface area contributed by atoms with Crippen molar-refractivity contribution in [3.05, 3.63) is 34.9 Å². The number of amides is 3. The molecule has 2 aliphatic heterocycles. The van der Waals surface area contributed by atoms with E-state index in [0.29, 0.717) is 37.6 Å². The largest absolute Gasteiger partial charge is 0.343 e. The van der Waals surface area contributed by atoms with Crippen LogP contribution in [0.15, 0.2) is 24.3 Å². The minimum Gasteiger partial charge on any atom is -0.343 e. The quantitative estimate of drug-likeness (QED) is 0.479. The Morgan fingerprint density at radius 3 is 2.43 bits per heavy atom. The molecule has 3 fully saturated rings. The molecule has 37 heavy (non-hydrogen) atoms. The van der Waals surface area contributed by atoms with Gasteiger partial charge in [0.2, 0.25) is 17.7 Å². The van der Waals surface area contributed by atoms with Crippen LogP contribution < -0.4 is 16.0 Å². The zero-order valence-electron chi connectivity index (χ0n) is 22.2. The Labute approximate surface area is 225 Å². The third-order valence-corrected chi connectivity index (χ3v) is 8.16. The Kier molecular flexibility index (Phi) is 9.84. The lowest BCUT2D eigenvalue weighted by Gasteiger charge is -2.39. The number of hydrogen-bond acceptors (Lipinski definition) is 5. The number of carbonyl (C=O) groups is 3. The molecule has 9 heteroatoms. The van der Waals surface area contributed by atoms with E-state index < -0.39 is 6.04 Å². The van der Waals surface area contributed by atoms with Gasteiger partial charge in [0.15, 0.2) is 0 Å². The molecule has 1 aromatic carbocycles. The van der Waals surface area contributed by atoms with E-state index in [9.17, 15) is 14.4 Å². The van der Waals surface area contributed by atoms with E-state index in [4.69, 9.17) is 11.6 Å². The van der Waals surface area contributed by atoms with Crippen LogP contribution >= 0.6 is 11.6 Å². The number of rotatable bonds is 8. The van der Waals surface area contributed by atoms with Gasteiger partial charge in [0.1, 0.15) is 6.04 Å². The number of nitrogens with one attached hydrogen (secondary N) is 3. The molecular formula is C28H42ClN5O3. The van der Waals surface area contributed by atoms with E-state index in [0.717, 1.165) is 44.2 Å². The van der Waals surface area contributed by atoms with Crippen molar-refractivity contribution in [2.45, 2.75) is 83.0 Å². The van der Waals surface area contributed by atoms with Gasteiger partial charge in [-0.15, -0.1) is 0 Å². The number of piperazine rings is 1. The molecule has 0 unspecified atom stereocenters. The Hall–Kier alpha value is -2.16. The smallest absolute Gasteiger partial charge is 0.245 e. The van der Waals surface area contributed by atoms with E-state index in [1.165, 1.54) is 6.42 Å². The van der Waals surface area contributed by atoms with E-state index >= 15 is 0 Å². The Morgan fingerprint density at radius 2 is 1.78 bits per heavy atom. The van der Waals surface area contributed by atoms with Crippen molar-refractivity contribution in [2.75, 3.05) is 32.7 Å². The number of hydrogen-bond donors (Lipinski definition) is 3. The topological polar surface area (TPSA) is 93.8 Å². The number of carbonyl (C=O) groups excluding carboxylic acids is 3. The maximum Gasteiger partial charge on any atom is 0.245 e. The highest BCUT2D eigenvalue weighted by atomic mass is 35.5. The van der Waals surface area contributed by atoms with Crippen molar-refractivity contribution < 1.29 is 14.4 Å². The van der Waals surface area contributed by atoms with Gasteiger partial charge < -0.3 is 25.8 Å². The molecule has 0 spiro atoms. The molecule has 8 nitrogen and oxygen atoms in total. The number of nitrogens with zero attached hydrogens (tertiary/aromatic N) is 2. The predicted octanol–water partition coefficient (Wildman–Crippen LogP) is 2.35. The van der Waals surface area contributed by atoms with Crippen LogP contribution in [-0.4, -0.2) is 84.4 Å². The van der Waals surface area contributed by atoms with Crippen LogP contribution in [-0.2, 0) is 20.8 Å². The van der Waals surface area contributed by atoms with Crippen molar-refractivity contribution in [1.82, 2.24) is 25.8 Å². The van der Waals surface area contributed by atoms with Crippen LogP contribution in [0, 0.1) is 5.92 Å². The molecule has 2 heterocycles. The summed E-state index contributed by atoms with van der Waals surface area (Å²) < 4.78 is 0. The van der Waals surface area contributed by atoms with Crippen molar-refractivity contribution in [1.29, 1.82) is 0 Å². The molecule has 2 saturated heterocycles. The van der Waals surface area contributed by atoms with Crippen LogP contribution in [0.4, 0.5) is 0 Å². The average Bonchev–Trinajstić information content (AvgIpc) is 3.40. The zero-order chi connectivity index (χ0) is 26.4. The zero-order valence-corrected chi connectivity index (χ0v) is 22.9. The third kappa shape index (κ3) is 7.24. The maximum atomic E-state index is 13.8. The van der Waals surface area contributed by atoms with Crippen LogP contribution in [0.25, 0.3) is 0 Å². The van der Waals surface area contributed by atoms with Gasteiger partial charge in [-0.2, -0.15) is 0 Å². The van der Waals surface area contributed by atoms with Gasteiger partial charge in [0, 0.05) is 56.1 Å². The standard InChI is InChI=1S/C28H42ClN5O3/c1-19(2)27(36)34(22-6-4-3-5-7-22)23-12-15-33(18-23)28(37)24(16-20-8-10-21(29)11-9-20)32-26(35)25-17-30-13-14-31-25/h8-11,19,22-25,30-31H,3-7,12-18H2,1-2H3,(H,32,35)/t23-,24+,25-/m0/s1. The van der Waals surface area contributed by atoms with Gasteiger partial charge in [-0.25, -0.2) is 0 Å². The molecule has 3 aliphatic rings. The van der Waals surface area contributed by atoms with E-state index in [2.05, 4.69) is 20.9 Å². The summed E-state index contributed by atoms with van der Waals surface area (Å²) >= 11 is 6.07. The van der Waals surface area contributed by atoms with Crippen LogP contribution in [0.2, 0.25) is 5.02 Å². The normalized spacial score (nSPS) is 23.6. The number of halogens is 1. The Bertz CT molecular complexity index is 928. The Balaban J connectivity index is 1.48. The summed E-state index contributed by atoms with van der Waals surface area (Å²) in [4.78, 5) is 44.1. The van der Waals surface area contributed by atoms with Gasteiger partial charge in [-0.1, -0.05) is 56.8 Å². The van der Waals surface area contributed by atoms with Crippen LogP contribution in [0.1, 0.15) is 57.9 Å². The van der Waals surface area contributed by atoms with Crippen LogP contribution in [0.5, 0.6) is 0 Å². The molecule has 3 N–H and O–H groups in total. The molecule has 3 atom stereocenters. The van der Waals surface area contributed by atoms with Gasteiger partial charge in [-0.05, 0) is 37.0 Å². The molecule has 0 aromatic heterocycles. The number of benzene rings is 1. The first kappa shape index (κ1) is 27.9. The van der Waals surface area contributed by atoms with Crippen molar-refractivity contribution in [3.63, 3.8) is 0 Å². The fraction of sp³-hybridized carbons (Fsp3) is 0.679. The number of likely N-dealkylation sites (tertiary alicyclic amines) is 1. The van der Waals surface area contributed by atoms with Crippen molar-refractivity contribution >= 4 is 29.3 Å². The average molecular weight is 532 g/mol. The second kappa shape index (κ2) is 13.1. The monoisotopic (exact) mass is 531 g/mol. The molecular weight excluding hydrogens is 490 g/mol. The summed E-state index contributed by atoms with van der Waals surface area (Å²) in [6, 6.07) is 6.64. The molecule has 0 bridgehead atoms. The van der Waals surface area contributed by atoms with E-state index in [-0.39, 0.29) is 41.8 Å².